The Balaban J connectivity index is 1.49. The zero-order valence-electron chi connectivity index (χ0n) is 13.6. The number of carbonyl (C=O) groups excluding carboxylic acids is 1. The molecule has 1 amide bonds. The summed E-state index contributed by atoms with van der Waals surface area (Å²) in [5, 5.41) is 3.30. The van der Waals surface area contributed by atoms with Gasteiger partial charge in [-0.15, -0.1) is 0 Å². The van der Waals surface area contributed by atoms with Crippen LogP contribution in [-0.2, 0) is 17.9 Å². The third-order valence-electron chi connectivity index (χ3n) is 4.71. The van der Waals surface area contributed by atoms with Gasteiger partial charge in [0.2, 0.25) is 5.91 Å². The Bertz CT molecular complexity index is 561. The zero-order chi connectivity index (χ0) is 16.1. The Morgan fingerprint density at radius 1 is 1.17 bits per heavy atom. The molecular formula is C18H26N4O. The highest BCUT2D eigenvalue weighted by molar-refractivity contribution is 5.78. The molecular weight excluding hydrogens is 288 g/mol. The number of guanidine groups is 1. The van der Waals surface area contributed by atoms with Crippen LogP contribution in [0.5, 0.6) is 0 Å². The maximum absolute atomic E-state index is 11.7. The van der Waals surface area contributed by atoms with Crippen LogP contribution in [0.1, 0.15) is 49.7 Å². The summed E-state index contributed by atoms with van der Waals surface area (Å²) in [4.78, 5) is 18.0. The molecule has 0 atom stereocenters. The largest absolute Gasteiger partial charge is 0.370 e. The molecule has 3 N–H and O–H groups in total. The molecule has 23 heavy (non-hydrogen) atoms. The van der Waals surface area contributed by atoms with E-state index in [1.165, 1.54) is 31.2 Å². The molecule has 5 nitrogen and oxygen atoms in total. The number of nitrogens with zero attached hydrogens (tertiary/aromatic N) is 2. The second-order valence-corrected chi connectivity index (χ2v) is 6.56. The number of hydrogen-bond acceptors (Lipinski definition) is 2. The van der Waals surface area contributed by atoms with Crippen molar-refractivity contribution in [3.63, 3.8) is 0 Å². The SMILES string of the molecule is NC(=NCc1ccc(CN2CCCC2=O)cc1)NC1CCCC1. The molecule has 2 fully saturated rings. The van der Waals surface area contributed by atoms with Crippen LogP contribution in [0.15, 0.2) is 29.3 Å². The lowest BCUT2D eigenvalue weighted by molar-refractivity contribution is -0.128. The summed E-state index contributed by atoms with van der Waals surface area (Å²) in [5.41, 5.74) is 8.26. The minimum atomic E-state index is 0.268. The number of benzene rings is 1. The van der Waals surface area contributed by atoms with E-state index in [0.29, 0.717) is 31.5 Å². The van der Waals surface area contributed by atoms with E-state index in [9.17, 15) is 4.79 Å². The van der Waals surface area contributed by atoms with E-state index in [0.717, 1.165) is 18.5 Å². The van der Waals surface area contributed by atoms with Gasteiger partial charge >= 0.3 is 0 Å². The van der Waals surface area contributed by atoms with Crippen molar-refractivity contribution in [1.29, 1.82) is 0 Å². The van der Waals surface area contributed by atoms with Gasteiger partial charge in [-0.2, -0.15) is 0 Å². The molecule has 1 aromatic rings. The highest BCUT2D eigenvalue weighted by Crippen LogP contribution is 2.17. The molecule has 0 bridgehead atoms. The molecule has 124 valence electrons. The van der Waals surface area contributed by atoms with Crippen LogP contribution in [-0.4, -0.2) is 29.4 Å². The molecule has 1 saturated carbocycles. The fourth-order valence-corrected chi connectivity index (χ4v) is 3.34. The lowest BCUT2D eigenvalue weighted by atomic mass is 10.1. The third-order valence-corrected chi connectivity index (χ3v) is 4.71. The summed E-state index contributed by atoms with van der Waals surface area (Å²) in [7, 11) is 0. The van der Waals surface area contributed by atoms with Crippen LogP contribution in [0.25, 0.3) is 0 Å². The Hall–Kier alpha value is -2.04. The van der Waals surface area contributed by atoms with E-state index < -0.39 is 0 Å². The summed E-state index contributed by atoms with van der Waals surface area (Å²) in [5.74, 6) is 0.813. The predicted molar refractivity (Wildman–Crippen MR) is 91.8 cm³/mol. The van der Waals surface area contributed by atoms with E-state index >= 15 is 0 Å². The monoisotopic (exact) mass is 314 g/mol. The lowest BCUT2D eigenvalue weighted by Gasteiger charge is -2.15. The van der Waals surface area contributed by atoms with E-state index in [1.54, 1.807) is 0 Å². The number of amides is 1. The van der Waals surface area contributed by atoms with Gasteiger partial charge in [0.05, 0.1) is 6.54 Å². The van der Waals surface area contributed by atoms with Gasteiger partial charge in [-0.1, -0.05) is 37.1 Å². The minimum absolute atomic E-state index is 0.268. The fourth-order valence-electron chi connectivity index (χ4n) is 3.34. The average molecular weight is 314 g/mol. The van der Waals surface area contributed by atoms with Crippen molar-refractivity contribution >= 4 is 11.9 Å². The molecule has 3 rings (SSSR count). The van der Waals surface area contributed by atoms with Crippen molar-refractivity contribution in [3.8, 4) is 0 Å². The zero-order valence-corrected chi connectivity index (χ0v) is 13.6. The van der Waals surface area contributed by atoms with Crippen LogP contribution in [0.3, 0.4) is 0 Å². The number of rotatable bonds is 5. The number of nitrogens with one attached hydrogen (secondary N) is 1. The van der Waals surface area contributed by atoms with Crippen LogP contribution in [0.4, 0.5) is 0 Å². The summed E-state index contributed by atoms with van der Waals surface area (Å²) in [6.45, 7) is 2.19. The highest BCUT2D eigenvalue weighted by atomic mass is 16.2. The summed E-state index contributed by atoms with van der Waals surface area (Å²) < 4.78 is 0. The molecule has 1 heterocycles. The van der Waals surface area contributed by atoms with Crippen LogP contribution < -0.4 is 11.1 Å². The topological polar surface area (TPSA) is 70.7 Å². The Morgan fingerprint density at radius 3 is 2.52 bits per heavy atom. The van der Waals surface area contributed by atoms with Gasteiger partial charge in [-0.05, 0) is 30.4 Å². The third kappa shape index (κ3) is 4.47. The molecule has 0 spiro atoms. The molecule has 2 aliphatic rings. The van der Waals surface area contributed by atoms with E-state index in [2.05, 4.69) is 34.6 Å². The second-order valence-electron chi connectivity index (χ2n) is 6.56. The normalized spacial score (nSPS) is 19.6. The van der Waals surface area contributed by atoms with Gasteiger partial charge < -0.3 is 16.0 Å². The standard InChI is InChI=1S/C18H26N4O/c19-18(21-16-4-1-2-5-16)20-12-14-7-9-15(10-8-14)13-22-11-3-6-17(22)23/h7-10,16H,1-6,11-13H2,(H3,19,20,21). The van der Waals surface area contributed by atoms with E-state index in [1.807, 2.05) is 4.90 Å². The first kappa shape index (κ1) is 15.8. The maximum atomic E-state index is 11.7. The fraction of sp³-hybridized carbons (Fsp3) is 0.556. The average Bonchev–Trinajstić information content (AvgIpc) is 3.19. The highest BCUT2D eigenvalue weighted by Gasteiger charge is 2.19. The molecule has 1 aliphatic heterocycles. The van der Waals surface area contributed by atoms with Crippen molar-refractivity contribution in [2.75, 3.05) is 6.54 Å². The van der Waals surface area contributed by atoms with E-state index in [-0.39, 0.29) is 5.91 Å². The van der Waals surface area contributed by atoms with Crippen LogP contribution in [0.2, 0.25) is 0 Å². The first-order valence-electron chi connectivity index (χ1n) is 8.63. The number of hydrogen-bond donors (Lipinski definition) is 2. The first-order valence-corrected chi connectivity index (χ1v) is 8.63. The maximum Gasteiger partial charge on any atom is 0.222 e. The number of nitrogens with two attached hydrogens (primary N) is 1. The molecule has 1 aromatic carbocycles. The van der Waals surface area contributed by atoms with Gasteiger partial charge in [0.1, 0.15) is 0 Å². The number of likely N-dealkylation sites (tertiary alicyclic amines) is 1. The van der Waals surface area contributed by atoms with Gasteiger partial charge in [0.15, 0.2) is 5.96 Å². The molecule has 0 aromatic heterocycles. The minimum Gasteiger partial charge on any atom is -0.370 e. The second kappa shape index (κ2) is 7.49. The lowest BCUT2D eigenvalue weighted by Crippen LogP contribution is -2.38. The number of aliphatic imine (C=N–C) groups is 1. The van der Waals surface area contributed by atoms with Gasteiger partial charge in [-0.3, -0.25) is 4.79 Å². The van der Waals surface area contributed by atoms with Crippen LogP contribution in [0, 0.1) is 0 Å². The van der Waals surface area contributed by atoms with E-state index in [4.69, 9.17) is 5.73 Å². The van der Waals surface area contributed by atoms with Crippen LogP contribution >= 0.6 is 0 Å². The molecule has 1 saturated heterocycles. The smallest absolute Gasteiger partial charge is 0.222 e. The first-order chi connectivity index (χ1) is 11.2. The Labute approximate surface area is 138 Å². The molecule has 0 radical (unpaired) electrons. The summed E-state index contributed by atoms with van der Waals surface area (Å²) in [6.07, 6.45) is 6.64. The van der Waals surface area contributed by atoms with Crippen molar-refractivity contribution < 1.29 is 4.79 Å². The molecule has 1 aliphatic carbocycles. The van der Waals surface area contributed by atoms with Gasteiger partial charge in [0.25, 0.3) is 0 Å². The summed E-state index contributed by atoms with van der Waals surface area (Å²) in [6, 6.07) is 8.80. The molecule has 0 unspecified atom stereocenters. The molecule has 5 heteroatoms. The quantitative estimate of drug-likeness (QED) is 0.646. The Kier molecular flexibility index (Phi) is 5.16. The van der Waals surface area contributed by atoms with Crippen molar-refractivity contribution in [2.24, 2.45) is 10.7 Å². The predicted octanol–water partition coefficient (Wildman–Crippen LogP) is 2.16. The number of carbonyl (C=O) groups is 1. The van der Waals surface area contributed by atoms with Crippen molar-refractivity contribution in [2.45, 2.75) is 57.7 Å². The van der Waals surface area contributed by atoms with Gasteiger partial charge in [0, 0.05) is 25.6 Å². The van der Waals surface area contributed by atoms with Crippen molar-refractivity contribution in [3.05, 3.63) is 35.4 Å². The van der Waals surface area contributed by atoms with Crippen molar-refractivity contribution in [1.82, 2.24) is 10.2 Å². The Morgan fingerprint density at radius 2 is 1.87 bits per heavy atom. The van der Waals surface area contributed by atoms with Gasteiger partial charge in [-0.25, -0.2) is 4.99 Å². The summed E-state index contributed by atoms with van der Waals surface area (Å²) >= 11 is 0.